The number of nitrogens with zero attached hydrogens (tertiary/aromatic N) is 2. The molecule has 3 rings (SSSR count). The van der Waals surface area contributed by atoms with E-state index in [4.69, 9.17) is 0 Å². The van der Waals surface area contributed by atoms with Gasteiger partial charge in [-0.3, -0.25) is 24.1 Å². The fourth-order valence-electron chi connectivity index (χ4n) is 3.45. The lowest BCUT2D eigenvalue weighted by atomic mass is 9.96. The quantitative estimate of drug-likeness (QED) is 0.823. The molecule has 138 valence electrons. The van der Waals surface area contributed by atoms with Gasteiger partial charge in [0.2, 0.25) is 5.91 Å². The number of rotatable bonds is 4. The second kappa shape index (κ2) is 7.27. The Morgan fingerprint density at radius 1 is 1.19 bits per heavy atom. The van der Waals surface area contributed by atoms with Gasteiger partial charge in [0, 0.05) is 32.2 Å². The average Bonchev–Trinajstić information content (AvgIpc) is 2.89. The summed E-state index contributed by atoms with van der Waals surface area (Å²) < 4.78 is 0. The molecule has 1 N–H and O–H groups in total. The summed E-state index contributed by atoms with van der Waals surface area (Å²) in [6.45, 7) is 3.59. The van der Waals surface area contributed by atoms with E-state index in [0.29, 0.717) is 30.8 Å². The Morgan fingerprint density at radius 3 is 2.65 bits per heavy atom. The van der Waals surface area contributed by atoms with Crippen LogP contribution in [-0.2, 0) is 4.79 Å². The zero-order valence-electron chi connectivity index (χ0n) is 15.1. The number of hydrogen-bond donors (Lipinski definition) is 1. The number of benzene rings is 1. The van der Waals surface area contributed by atoms with Crippen molar-refractivity contribution in [1.82, 2.24) is 15.1 Å². The van der Waals surface area contributed by atoms with Gasteiger partial charge >= 0.3 is 0 Å². The molecule has 0 spiro atoms. The molecule has 2 aliphatic heterocycles. The van der Waals surface area contributed by atoms with E-state index in [9.17, 15) is 19.2 Å². The molecule has 1 unspecified atom stereocenters. The van der Waals surface area contributed by atoms with Gasteiger partial charge in [-0.15, -0.1) is 0 Å². The van der Waals surface area contributed by atoms with E-state index in [2.05, 4.69) is 5.32 Å². The van der Waals surface area contributed by atoms with E-state index < -0.39 is 5.91 Å². The van der Waals surface area contributed by atoms with Crippen LogP contribution in [-0.4, -0.2) is 60.1 Å². The highest BCUT2D eigenvalue weighted by Gasteiger charge is 2.34. The molecule has 4 amide bonds. The third-order valence-corrected chi connectivity index (χ3v) is 4.97. The smallest absolute Gasteiger partial charge is 0.261 e. The van der Waals surface area contributed by atoms with E-state index in [0.717, 1.165) is 24.2 Å². The molecule has 26 heavy (non-hydrogen) atoms. The minimum atomic E-state index is -0.393. The lowest BCUT2D eigenvalue weighted by Gasteiger charge is -2.32. The molecule has 1 saturated heterocycles. The zero-order chi connectivity index (χ0) is 18.8. The first kappa shape index (κ1) is 18.1. The van der Waals surface area contributed by atoms with E-state index >= 15 is 0 Å². The fourth-order valence-corrected chi connectivity index (χ4v) is 3.45. The number of carbonyl (C=O) groups excluding carboxylic acids is 4. The van der Waals surface area contributed by atoms with Crippen LogP contribution >= 0.6 is 0 Å². The largest absolute Gasteiger partial charge is 0.356 e. The molecular formula is C19H23N3O4. The van der Waals surface area contributed by atoms with Gasteiger partial charge in [-0.1, -0.05) is 6.92 Å². The highest BCUT2D eigenvalue weighted by Crippen LogP contribution is 2.25. The van der Waals surface area contributed by atoms with Crippen molar-refractivity contribution in [1.29, 1.82) is 0 Å². The van der Waals surface area contributed by atoms with Gasteiger partial charge in [-0.25, -0.2) is 0 Å². The lowest BCUT2D eigenvalue weighted by Crippen LogP contribution is -2.45. The van der Waals surface area contributed by atoms with Crippen molar-refractivity contribution in [2.45, 2.75) is 26.2 Å². The van der Waals surface area contributed by atoms with Crippen LogP contribution in [0.4, 0.5) is 0 Å². The van der Waals surface area contributed by atoms with E-state index in [1.807, 2.05) is 6.92 Å². The number of amides is 4. The second-order valence-electron chi connectivity index (χ2n) is 6.81. The van der Waals surface area contributed by atoms with Gasteiger partial charge in [0.05, 0.1) is 17.0 Å². The number of nitrogens with one attached hydrogen (secondary N) is 1. The van der Waals surface area contributed by atoms with Crippen molar-refractivity contribution in [3.8, 4) is 0 Å². The number of hydrogen-bond acceptors (Lipinski definition) is 4. The predicted molar refractivity (Wildman–Crippen MR) is 94.8 cm³/mol. The Bertz CT molecular complexity index is 774. The number of imide groups is 1. The lowest BCUT2D eigenvalue weighted by molar-refractivity contribution is -0.126. The molecule has 2 aliphatic rings. The standard InChI is InChI=1S/C19H23N3O4/c1-3-8-20-16(23)13-5-4-9-22(11-13)17(24)12-6-7-14-15(10-12)19(26)21(2)18(14)25/h6-7,10,13H,3-5,8-9,11H2,1-2H3,(H,20,23). The molecule has 0 aliphatic carbocycles. The van der Waals surface area contributed by atoms with Crippen molar-refractivity contribution in [3.63, 3.8) is 0 Å². The van der Waals surface area contributed by atoms with Crippen LogP contribution in [0.15, 0.2) is 18.2 Å². The van der Waals surface area contributed by atoms with Crippen LogP contribution in [0.5, 0.6) is 0 Å². The predicted octanol–water partition coefficient (Wildman–Crippen LogP) is 1.29. The minimum Gasteiger partial charge on any atom is -0.356 e. The maximum Gasteiger partial charge on any atom is 0.261 e. The molecular weight excluding hydrogens is 334 g/mol. The minimum absolute atomic E-state index is 0.0132. The second-order valence-corrected chi connectivity index (χ2v) is 6.81. The Hall–Kier alpha value is -2.70. The van der Waals surface area contributed by atoms with E-state index in [-0.39, 0.29) is 29.2 Å². The molecule has 2 heterocycles. The van der Waals surface area contributed by atoms with Crippen LogP contribution in [0, 0.1) is 5.92 Å². The molecule has 1 fully saturated rings. The van der Waals surface area contributed by atoms with Crippen LogP contribution in [0.25, 0.3) is 0 Å². The summed E-state index contributed by atoms with van der Waals surface area (Å²) in [6, 6.07) is 4.59. The monoisotopic (exact) mass is 357 g/mol. The molecule has 0 saturated carbocycles. The van der Waals surface area contributed by atoms with Crippen molar-refractivity contribution < 1.29 is 19.2 Å². The molecule has 0 aromatic heterocycles. The first-order valence-corrected chi connectivity index (χ1v) is 8.97. The summed E-state index contributed by atoms with van der Waals surface area (Å²) in [5.74, 6) is -1.18. The SMILES string of the molecule is CCCNC(=O)C1CCCN(C(=O)c2ccc3c(c2)C(=O)N(C)C3=O)C1. The number of carbonyl (C=O) groups is 4. The molecule has 1 atom stereocenters. The molecule has 0 radical (unpaired) electrons. The maximum absolute atomic E-state index is 12.8. The van der Waals surface area contributed by atoms with Crippen LogP contribution in [0.3, 0.4) is 0 Å². The Morgan fingerprint density at radius 2 is 1.92 bits per heavy atom. The summed E-state index contributed by atoms with van der Waals surface area (Å²) in [5.41, 5.74) is 0.955. The van der Waals surface area contributed by atoms with Gasteiger partial charge in [0.25, 0.3) is 17.7 Å². The summed E-state index contributed by atoms with van der Waals surface area (Å²) in [6.07, 6.45) is 2.40. The van der Waals surface area contributed by atoms with Gasteiger partial charge in [0.15, 0.2) is 0 Å². The first-order chi connectivity index (χ1) is 12.4. The molecule has 1 aromatic carbocycles. The molecule has 1 aromatic rings. The average molecular weight is 357 g/mol. The van der Waals surface area contributed by atoms with Crippen molar-refractivity contribution in [2.24, 2.45) is 5.92 Å². The highest BCUT2D eigenvalue weighted by molar-refractivity contribution is 6.21. The zero-order valence-corrected chi connectivity index (χ0v) is 15.1. The van der Waals surface area contributed by atoms with E-state index in [1.54, 1.807) is 11.0 Å². The third kappa shape index (κ3) is 3.21. The normalized spacial score (nSPS) is 19.5. The first-order valence-electron chi connectivity index (χ1n) is 8.97. The van der Waals surface area contributed by atoms with Crippen LogP contribution < -0.4 is 5.32 Å². The number of piperidine rings is 1. The Balaban J connectivity index is 1.75. The topological polar surface area (TPSA) is 86.8 Å². The summed E-state index contributed by atoms with van der Waals surface area (Å²) in [5, 5.41) is 2.89. The van der Waals surface area contributed by atoms with Gasteiger partial charge in [-0.2, -0.15) is 0 Å². The van der Waals surface area contributed by atoms with Gasteiger partial charge in [0.1, 0.15) is 0 Å². The molecule has 7 nitrogen and oxygen atoms in total. The van der Waals surface area contributed by atoms with Crippen molar-refractivity contribution in [3.05, 3.63) is 34.9 Å². The summed E-state index contributed by atoms with van der Waals surface area (Å²) in [7, 11) is 1.43. The Labute approximate surface area is 152 Å². The maximum atomic E-state index is 12.8. The number of likely N-dealkylation sites (tertiary alicyclic amines) is 1. The number of fused-ring (bicyclic) bond motifs is 1. The van der Waals surface area contributed by atoms with Crippen LogP contribution in [0.1, 0.15) is 57.3 Å². The van der Waals surface area contributed by atoms with Crippen molar-refractivity contribution in [2.75, 3.05) is 26.7 Å². The summed E-state index contributed by atoms with van der Waals surface area (Å²) in [4.78, 5) is 51.8. The van der Waals surface area contributed by atoms with Crippen LogP contribution in [0.2, 0.25) is 0 Å². The molecule has 0 bridgehead atoms. The fraction of sp³-hybridized carbons (Fsp3) is 0.474. The summed E-state index contributed by atoms with van der Waals surface area (Å²) >= 11 is 0. The van der Waals surface area contributed by atoms with Crippen molar-refractivity contribution >= 4 is 23.6 Å². The van der Waals surface area contributed by atoms with Gasteiger partial charge in [-0.05, 0) is 37.5 Å². The van der Waals surface area contributed by atoms with E-state index in [1.165, 1.54) is 19.2 Å². The third-order valence-electron chi connectivity index (χ3n) is 4.97. The van der Waals surface area contributed by atoms with Gasteiger partial charge < -0.3 is 10.2 Å². The highest BCUT2D eigenvalue weighted by atomic mass is 16.2. The Kier molecular flexibility index (Phi) is 5.06. The molecule has 7 heteroatoms.